The lowest BCUT2D eigenvalue weighted by Gasteiger charge is -2.02. The topological polar surface area (TPSA) is 0 Å². The quantitative estimate of drug-likeness (QED) is 0.315. The first kappa shape index (κ1) is 15.5. The molecule has 0 N–H and O–H groups in total. The van der Waals surface area contributed by atoms with Crippen LogP contribution in [0, 0.1) is 0 Å². The van der Waals surface area contributed by atoms with Gasteiger partial charge in [-0.05, 0) is 12.2 Å². The highest BCUT2D eigenvalue weighted by molar-refractivity contribution is 8.47. The van der Waals surface area contributed by atoms with Gasteiger partial charge in [0.2, 0.25) is 0 Å². The summed E-state index contributed by atoms with van der Waals surface area (Å²) in [7, 11) is 0. The second-order valence-corrected chi connectivity index (χ2v) is 6.78. The lowest BCUT2D eigenvalue weighted by molar-refractivity contribution is 0.627. The molecule has 15 heavy (non-hydrogen) atoms. The molecule has 0 bridgehead atoms. The van der Waals surface area contributed by atoms with Crippen molar-refractivity contribution in [2.75, 3.05) is 11.5 Å². The molecule has 0 aliphatic heterocycles. The third kappa shape index (κ3) is 12.5. The van der Waals surface area contributed by atoms with Gasteiger partial charge in [-0.25, -0.2) is 0 Å². The lowest BCUT2D eigenvalue weighted by Crippen LogP contribution is -1.87. The van der Waals surface area contributed by atoms with E-state index in [1.54, 1.807) is 11.8 Å². The highest BCUT2D eigenvalue weighted by Crippen LogP contribution is 2.19. The smallest absolute Gasteiger partial charge is 0.104 e. The number of hydrogen-bond acceptors (Lipinski definition) is 3. The summed E-state index contributed by atoms with van der Waals surface area (Å²) in [4.78, 5) is 0. The molecule has 0 aliphatic rings. The van der Waals surface area contributed by atoms with Gasteiger partial charge in [0.25, 0.3) is 0 Å². The standard InChI is InChI=1S/C12H22S3/c1-3-5-6-7-8-9-11-15-12(13)14-10-4-2/h4H,2-3,5-11H2,1H3. The summed E-state index contributed by atoms with van der Waals surface area (Å²) in [6.45, 7) is 5.94. The molecule has 0 saturated heterocycles. The lowest BCUT2D eigenvalue weighted by atomic mass is 10.1. The summed E-state index contributed by atoms with van der Waals surface area (Å²) in [5.41, 5.74) is 0. The molecule has 0 radical (unpaired) electrons. The summed E-state index contributed by atoms with van der Waals surface area (Å²) in [5.74, 6) is 2.14. The maximum atomic E-state index is 5.22. The Labute approximate surface area is 109 Å². The van der Waals surface area contributed by atoms with E-state index in [-0.39, 0.29) is 0 Å². The van der Waals surface area contributed by atoms with E-state index in [0.717, 1.165) is 9.28 Å². The fourth-order valence-electron chi connectivity index (χ4n) is 1.21. The van der Waals surface area contributed by atoms with E-state index in [1.807, 2.05) is 17.8 Å². The molecule has 0 nitrogen and oxygen atoms in total. The zero-order valence-electron chi connectivity index (χ0n) is 9.67. The Bertz CT molecular complexity index is 166. The minimum atomic E-state index is 0.947. The average molecular weight is 263 g/mol. The zero-order valence-corrected chi connectivity index (χ0v) is 12.1. The molecule has 0 spiro atoms. The molecule has 0 heterocycles. The van der Waals surface area contributed by atoms with Crippen molar-refractivity contribution in [1.82, 2.24) is 0 Å². The molecule has 0 amide bonds. The predicted octanol–water partition coefficient (Wildman–Crippen LogP) is 5.28. The summed E-state index contributed by atoms with van der Waals surface area (Å²) < 4.78 is 1.07. The molecule has 0 saturated carbocycles. The first-order chi connectivity index (χ1) is 7.31. The largest absolute Gasteiger partial charge is 0.108 e. The zero-order chi connectivity index (χ0) is 11.4. The molecule has 0 aromatic carbocycles. The second kappa shape index (κ2) is 12.6. The van der Waals surface area contributed by atoms with Crippen molar-refractivity contribution < 1.29 is 0 Å². The van der Waals surface area contributed by atoms with Gasteiger partial charge in [0.1, 0.15) is 3.53 Å². The third-order valence-electron chi connectivity index (χ3n) is 2.04. The van der Waals surface area contributed by atoms with Crippen LogP contribution in [0.15, 0.2) is 12.7 Å². The Hall–Kier alpha value is 0.530. The number of thiocarbonyl (C=S) groups is 1. The van der Waals surface area contributed by atoms with E-state index < -0.39 is 0 Å². The molecule has 0 atom stereocenters. The van der Waals surface area contributed by atoms with Crippen molar-refractivity contribution in [2.45, 2.75) is 45.4 Å². The molecule has 0 aromatic heterocycles. The van der Waals surface area contributed by atoms with Gasteiger partial charge in [0, 0.05) is 5.75 Å². The van der Waals surface area contributed by atoms with Crippen LogP contribution in [0.5, 0.6) is 0 Å². The monoisotopic (exact) mass is 262 g/mol. The summed E-state index contributed by atoms with van der Waals surface area (Å²) >= 11 is 8.77. The van der Waals surface area contributed by atoms with Crippen LogP contribution >= 0.6 is 35.7 Å². The normalized spacial score (nSPS) is 10.2. The highest BCUT2D eigenvalue weighted by atomic mass is 32.2. The third-order valence-corrected chi connectivity index (χ3v) is 4.82. The van der Waals surface area contributed by atoms with E-state index in [0.29, 0.717) is 0 Å². The Morgan fingerprint density at radius 2 is 1.80 bits per heavy atom. The molecule has 0 rings (SSSR count). The molecule has 0 aliphatic carbocycles. The molecule has 0 aromatic rings. The highest BCUT2D eigenvalue weighted by Gasteiger charge is 1.97. The molecule has 88 valence electrons. The Balaban J connectivity index is 3.09. The van der Waals surface area contributed by atoms with Crippen molar-refractivity contribution >= 4 is 39.3 Å². The van der Waals surface area contributed by atoms with Crippen molar-refractivity contribution in [2.24, 2.45) is 0 Å². The maximum absolute atomic E-state index is 5.22. The van der Waals surface area contributed by atoms with Crippen LogP contribution < -0.4 is 0 Å². The first-order valence-electron chi connectivity index (χ1n) is 5.71. The van der Waals surface area contributed by atoms with E-state index in [1.165, 1.54) is 44.3 Å². The van der Waals surface area contributed by atoms with E-state index in [4.69, 9.17) is 12.2 Å². The van der Waals surface area contributed by atoms with Crippen molar-refractivity contribution in [3.8, 4) is 0 Å². The van der Waals surface area contributed by atoms with Crippen LogP contribution in [0.4, 0.5) is 0 Å². The number of unbranched alkanes of at least 4 members (excludes halogenated alkanes) is 5. The van der Waals surface area contributed by atoms with Crippen molar-refractivity contribution in [3.05, 3.63) is 12.7 Å². The van der Waals surface area contributed by atoms with Gasteiger partial charge in [-0.2, -0.15) is 0 Å². The van der Waals surface area contributed by atoms with E-state index in [9.17, 15) is 0 Å². The number of thioether (sulfide) groups is 2. The Morgan fingerprint density at radius 1 is 1.13 bits per heavy atom. The van der Waals surface area contributed by atoms with Gasteiger partial charge < -0.3 is 0 Å². The predicted molar refractivity (Wildman–Crippen MR) is 81.1 cm³/mol. The van der Waals surface area contributed by atoms with E-state index in [2.05, 4.69) is 13.5 Å². The van der Waals surface area contributed by atoms with Gasteiger partial charge in [-0.1, -0.05) is 57.3 Å². The Morgan fingerprint density at radius 3 is 2.47 bits per heavy atom. The van der Waals surface area contributed by atoms with Crippen LogP contribution in [0.3, 0.4) is 0 Å². The number of rotatable bonds is 9. The first-order valence-corrected chi connectivity index (χ1v) is 8.09. The molecular weight excluding hydrogens is 240 g/mol. The van der Waals surface area contributed by atoms with Gasteiger partial charge >= 0.3 is 0 Å². The van der Waals surface area contributed by atoms with Crippen LogP contribution in [-0.2, 0) is 0 Å². The number of hydrogen-bond donors (Lipinski definition) is 0. The van der Waals surface area contributed by atoms with Crippen LogP contribution in [-0.4, -0.2) is 15.0 Å². The van der Waals surface area contributed by atoms with Crippen molar-refractivity contribution in [3.63, 3.8) is 0 Å². The fraction of sp³-hybridized carbons (Fsp3) is 0.750. The minimum Gasteiger partial charge on any atom is -0.108 e. The fourth-order valence-corrected chi connectivity index (χ4v) is 3.22. The second-order valence-electron chi connectivity index (χ2n) is 3.47. The van der Waals surface area contributed by atoms with Crippen LogP contribution in [0.2, 0.25) is 0 Å². The molecular formula is C12H22S3. The maximum Gasteiger partial charge on any atom is 0.104 e. The van der Waals surface area contributed by atoms with Gasteiger partial charge in [-0.3, -0.25) is 0 Å². The molecule has 0 fully saturated rings. The molecule has 3 heteroatoms. The van der Waals surface area contributed by atoms with Crippen LogP contribution in [0.1, 0.15) is 45.4 Å². The average Bonchev–Trinajstić information content (AvgIpc) is 2.25. The molecule has 0 unspecified atom stereocenters. The Kier molecular flexibility index (Phi) is 13.0. The summed E-state index contributed by atoms with van der Waals surface area (Å²) in [6, 6.07) is 0. The van der Waals surface area contributed by atoms with Gasteiger partial charge in [-0.15, -0.1) is 30.1 Å². The van der Waals surface area contributed by atoms with E-state index >= 15 is 0 Å². The summed E-state index contributed by atoms with van der Waals surface area (Å²) in [6.07, 6.45) is 10.1. The summed E-state index contributed by atoms with van der Waals surface area (Å²) in [5, 5.41) is 0. The van der Waals surface area contributed by atoms with Crippen molar-refractivity contribution in [1.29, 1.82) is 0 Å². The van der Waals surface area contributed by atoms with Gasteiger partial charge in [0.15, 0.2) is 0 Å². The minimum absolute atomic E-state index is 0.947. The van der Waals surface area contributed by atoms with Gasteiger partial charge in [0.05, 0.1) is 0 Å². The van der Waals surface area contributed by atoms with Crippen LogP contribution in [0.25, 0.3) is 0 Å². The SMILES string of the molecule is C=CCSC(=S)SCCCCCCCC.